The molecule has 1 heterocycles. The summed E-state index contributed by atoms with van der Waals surface area (Å²) in [5.74, 6) is 0. The Hall–Kier alpha value is -0.0800. The molecule has 1 saturated heterocycles. The molecule has 0 amide bonds. The number of nitrogens with one attached hydrogen (secondary N) is 1. The Morgan fingerprint density at radius 1 is 1.40 bits per heavy atom. The maximum absolute atomic E-state index is 5.61. The average Bonchev–Trinajstić information content (AvgIpc) is 2.74. The first kappa shape index (κ1) is 13.0. The molecule has 0 aliphatic carbocycles. The van der Waals surface area contributed by atoms with Crippen LogP contribution in [0, 0.1) is 0 Å². The van der Waals surface area contributed by atoms with Gasteiger partial charge in [0, 0.05) is 12.6 Å². The van der Waals surface area contributed by atoms with E-state index in [2.05, 4.69) is 19.2 Å². The maximum Gasteiger partial charge on any atom is 0.0576 e. The number of hydrogen-bond donors (Lipinski definition) is 1. The van der Waals surface area contributed by atoms with E-state index in [1.807, 2.05) is 0 Å². The highest BCUT2D eigenvalue weighted by molar-refractivity contribution is 4.66. The fraction of sp³-hybridized carbons (Fsp3) is 1.00. The SMILES string of the molecule is CCCNC(C)CCCCC1CCCO1. The Labute approximate surface area is 94.8 Å². The van der Waals surface area contributed by atoms with Crippen LogP contribution in [-0.4, -0.2) is 25.3 Å². The summed E-state index contributed by atoms with van der Waals surface area (Å²) in [6.07, 6.45) is 9.67. The topological polar surface area (TPSA) is 21.3 Å². The molecular weight excluding hydrogens is 186 g/mol. The van der Waals surface area contributed by atoms with Crippen molar-refractivity contribution in [2.75, 3.05) is 13.2 Å². The molecule has 0 spiro atoms. The van der Waals surface area contributed by atoms with Gasteiger partial charge in [0.05, 0.1) is 6.10 Å². The molecule has 0 saturated carbocycles. The summed E-state index contributed by atoms with van der Waals surface area (Å²) in [7, 11) is 0. The fourth-order valence-electron chi connectivity index (χ4n) is 2.19. The summed E-state index contributed by atoms with van der Waals surface area (Å²) >= 11 is 0. The Balaban J connectivity index is 1.87. The quantitative estimate of drug-likeness (QED) is 0.626. The van der Waals surface area contributed by atoms with Crippen LogP contribution in [0.15, 0.2) is 0 Å². The van der Waals surface area contributed by atoms with E-state index in [0.29, 0.717) is 12.1 Å². The van der Waals surface area contributed by atoms with Crippen molar-refractivity contribution in [3.63, 3.8) is 0 Å². The Bertz CT molecular complexity index is 143. The van der Waals surface area contributed by atoms with Crippen LogP contribution >= 0.6 is 0 Å². The first-order chi connectivity index (χ1) is 7.33. The first-order valence-corrected chi connectivity index (χ1v) is 6.68. The minimum Gasteiger partial charge on any atom is -0.378 e. The summed E-state index contributed by atoms with van der Waals surface area (Å²) in [4.78, 5) is 0. The number of ether oxygens (including phenoxy) is 1. The molecule has 2 unspecified atom stereocenters. The van der Waals surface area contributed by atoms with Gasteiger partial charge in [-0.05, 0) is 45.6 Å². The lowest BCUT2D eigenvalue weighted by molar-refractivity contribution is 0.102. The van der Waals surface area contributed by atoms with E-state index in [0.717, 1.165) is 13.2 Å². The summed E-state index contributed by atoms with van der Waals surface area (Å²) in [5, 5.41) is 3.53. The molecule has 2 nitrogen and oxygen atoms in total. The van der Waals surface area contributed by atoms with E-state index in [4.69, 9.17) is 4.74 Å². The zero-order valence-corrected chi connectivity index (χ0v) is 10.4. The van der Waals surface area contributed by atoms with Crippen molar-refractivity contribution in [2.45, 2.75) is 70.9 Å². The third-order valence-corrected chi connectivity index (χ3v) is 3.18. The minimum absolute atomic E-state index is 0.587. The molecule has 1 aliphatic heterocycles. The Morgan fingerprint density at radius 3 is 2.93 bits per heavy atom. The standard InChI is InChI=1S/C13H27NO/c1-3-10-14-12(2)7-4-5-8-13-9-6-11-15-13/h12-14H,3-11H2,1-2H3. The van der Waals surface area contributed by atoms with Crippen molar-refractivity contribution in [1.29, 1.82) is 0 Å². The van der Waals surface area contributed by atoms with E-state index in [9.17, 15) is 0 Å². The van der Waals surface area contributed by atoms with Crippen LogP contribution < -0.4 is 5.32 Å². The van der Waals surface area contributed by atoms with Gasteiger partial charge < -0.3 is 10.1 Å². The summed E-state index contributed by atoms with van der Waals surface area (Å²) < 4.78 is 5.61. The number of hydrogen-bond acceptors (Lipinski definition) is 2. The van der Waals surface area contributed by atoms with Crippen LogP contribution in [-0.2, 0) is 4.74 Å². The second-order valence-corrected chi connectivity index (χ2v) is 4.77. The lowest BCUT2D eigenvalue weighted by Crippen LogP contribution is -2.26. The van der Waals surface area contributed by atoms with Crippen molar-refractivity contribution < 1.29 is 4.74 Å². The molecule has 0 aromatic carbocycles. The highest BCUT2D eigenvalue weighted by Gasteiger charge is 2.14. The van der Waals surface area contributed by atoms with Crippen LogP contribution in [0.5, 0.6) is 0 Å². The van der Waals surface area contributed by atoms with Crippen molar-refractivity contribution in [2.24, 2.45) is 0 Å². The van der Waals surface area contributed by atoms with E-state index in [1.165, 1.54) is 44.9 Å². The second-order valence-electron chi connectivity index (χ2n) is 4.77. The van der Waals surface area contributed by atoms with Gasteiger partial charge in [0.1, 0.15) is 0 Å². The number of rotatable bonds is 8. The van der Waals surface area contributed by atoms with Crippen molar-refractivity contribution in [1.82, 2.24) is 5.32 Å². The van der Waals surface area contributed by atoms with Crippen LogP contribution in [0.25, 0.3) is 0 Å². The van der Waals surface area contributed by atoms with Crippen LogP contribution in [0.3, 0.4) is 0 Å². The predicted octanol–water partition coefficient (Wildman–Crippen LogP) is 3.11. The van der Waals surface area contributed by atoms with Gasteiger partial charge in [-0.1, -0.05) is 19.8 Å². The van der Waals surface area contributed by atoms with E-state index < -0.39 is 0 Å². The molecule has 1 N–H and O–H groups in total. The molecule has 0 radical (unpaired) electrons. The van der Waals surface area contributed by atoms with Gasteiger partial charge in [0.15, 0.2) is 0 Å². The van der Waals surface area contributed by atoms with Gasteiger partial charge in [-0.3, -0.25) is 0 Å². The second kappa shape index (κ2) is 8.12. The van der Waals surface area contributed by atoms with Crippen molar-refractivity contribution >= 4 is 0 Å². The first-order valence-electron chi connectivity index (χ1n) is 6.68. The van der Waals surface area contributed by atoms with E-state index in [-0.39, 0.29) is 0 Å². The van der Waals surface area contributed by atoms with Gasteiger partial charge in [-0.15, -0.1) is 0 Å². The van der Waals surface area contributed by atoms with Gasteiger partial charge in [-0.25, -0.2) is 0 Å². The average molecular weight is 213 g/mol. The van der Waals surface area contributed by atoms with Gasteiger partial charge in [-0.2, -0.15) is 0 Å². The maximum atomic E-state index is 5.61. The molecule has 90 valence electrons. The summed E-state index contributed by atoms with van der Waals surface area (Å²) in [6, 6.07) is 0.689. The molecule has 2 atom stereocenters. The lowest BCUT2D eigenvalue weighted by atomic mass is 10.1. The molecular formula is C13H27NO. The Kier molecular flexibility index (Phi) is 7.03. The number of unbranched alkanes of at least 4 members (excludes halogenated alkanes) is 1. The molecule has 0 bridgehead atoms. The molecule has 1 rings (SSSR count). The third-order valence-electron chi connectivity index (χ3n) is 3.18. The lowest BCUT2D eigenvalue weighted by Gasteiger charge is -2.13. The largest absolute Gasteiger partial charge is 0.378 e. The molecule has 0 aromatic rings. The van der Waals surface area contributed by atoms with Gasteiger partial charge in [0.25, 0.3) is 0 Å². The van der Waals surface area contributed by atoms with E-state index in [1.54, 1.807) is 0 Å². The zero-order chi connectivity index (χ0) is 10.9. The normalized spacial score (nSPS) is 23.2. The molecule has 1 aliphatic rings. The van der Waals surface area contributed by atoms with Crippen molar-refractivity contribution in [3.8, 4) is 0 Å². The molecule has 2 heteroatoms. The van der Waals surface area contributed by atoms with Crippen LogP contribution in [0.4, 0.5) is 0 Å². The highest BCUT2D eigenvalue weighted by Crippen LogP contribution is 2.18. The highest BCUT2D eigenvalue weighted by atomic mass is 16.5. The molecule has 1 fully saturated rings. The monoisotopic (exact) mass is 213 g/mol. The summed E-state index contributed by atoms with van der Waals surface area (Å²) in [6.45, 7) is 6.67. The smallest absolute Gasteiger partial charge is 0.0576 e. The Morgan fingerprint density at radius 2 is 2.27 bits per heavy atom. The van der Waals surface area contributed by atoms with Gasteiger partial charge in [0.2, 0.25) is 0 Å². The molecule has 0 aromatic heterocycles. The fourth-order valence-corrected chi connectivity index (χ4v) is 2.19. The zero-order valence-electron chi connectivity index (χ0n) is 10.4. The summed E-state index contributed by atoms with van der Waals surface area (Å²) in [5.41, 5.74) is 0. The van der Waals surface area contributed by atoms with Crippen LogP contribution in [0.2, 0.25) is 0 Å². The third kappa shape index (κ3) is 6.16. The van der Waals surface area contributed by atoms with E-state index >= 15 is 0 Å². The van der Waals surface area contributed by atoms with Gasteiger partial charge >= 0.3 is 0 Å². The molecule has 15 heavy (non-hydrogen) atoms. The van der Waals surface area contributed by atoms with Crippen LogP contribution in [0.1, 0.15) is 58.8 Å². The van der Waals surface area contributed by atoms with Crippen molar-refractivity contribution in [3.05, 3.63) is 0 Å². The minimum atomic E-state index is 0.587. The predicted molar refractivity (Wildman–Crippen MR) is 65.2 cm³/mol.